The molecule has 0 bridgehead atoms. The van der Waals surface area contributed by atoms with E-state index in [1.165, 1.54) is 21.4 Å². The van der Waals surface area contributed by atoms with Crippen molar-refractivity contribution in [2.24, 2.45) is 0 Å². The topological polar surface area (TPSA) is 25.8 Å². The van der Waals surface area contributed by atoms with E-state index in [-0.39, 0.29) is 22.1 Å². The number of rotatable bonds is 0. The van der Waals surface area contributed by atoms with Crippen LogP contribution in [0.2, 0.25) is 0 Å². The third-order valence-corrected chi connectivity index (χ3v) is 7.57. The standard InChI is InChI=1S/C10H13F.2C9H13N.C9H14S/c1-10(2,3)8-6-4-5-7-9(8)11;1-9(2,3)8-4-6-10-7-5-8;1-9(2,3)8-6-4-5-7-10-8;1-7-5-6-8(10-7)9(2,3)4/h4-7H,1-3H3;2*4-7H,1-3H3;5-6H,1-4H3. The van der Waals surface area contributed by atoms with Gasteiger partial charge in [-0.3, -0.25) is 9.97 Å². The molecule has 0 amide bonds. The zero-order chi connectivity index (χ0) is 31.5. The summed E-state index contributed by atoms with van der Waals surface area (Å²) >= 11 is 1.89. The van der Waals surface area contributed by atoms with Gasteiger partial charge in [-0.25, -0.2) is 4.39 Å². The number of hydrogen-bond donors (Lipinski definition) is 0. The summed E-state index contributed by atoms with van der Waals surface area (Å²) in [6.07, 6.45) is 5.50. The van der Waals surface area contributed by atoms with Gasteiger partial charge < -0.3 is 0 Å². The highest BCUT2D eigenvalue weighted by atomic mass is 32.1. The smallest absolute Gasteiger partial charge is 0.126 e. The largest absolute Gasteiger partial charge is 0.265 e. The quantitative estimate of drug-likeness (QED) is 0.208. The summed E-state index contributed by atoms with van der Waals surface area (Å²) in [5.41, 5.74) is 3.94. The van der Waals surface area contributed by atoms with E-state index in [9.17, 15) is 4.39 Å². The predicted octanol–water partition coefficient (Wildman–Crippen LogP) is 11.2. The van der Waals surface area contributed by atoms with Crippen LogP contribution in [-0.4, -0.2) is 9.97 Å². The van der Waals surface area contributed by atoms with Crippen molar-refractivity contribution in [1.82, 2.24) is 9.97 Å². The van der Waals surface area contributed by atoms with E-state index >= 15 is 0 Å². The van der Waals surface area contributed by atoms with Gasteiger partial charge >= 0.3 is 0 Å². The van der Waals surface area contributed by atoms with Crippen molar-refractivity contribution in [3.05, 3.63) is 118 Å². The van der Waals surface area contributed by atoms with Crippen LogP contribution in [0.25, 0.3) is 0 Å². The van der Waals surface area contributed by atoms with Crippen LogP contribution < -0.4 is 0 Å². The van der Waals surface area contributed by atoms with Gasteiger partial charge in [-0.2, -0.15) is 0 Å². The SMILES string of the molecule is CC(C)(C)c1ccccc1F.CC(C)(C)c1ccccn1.CC(C)(C)c1ccncc1.Cc1ccc(C(C)(C)C)s1. The normalized spacial score (nSPS) is 11.7. The molecule has 3 heterocycles. The van der Waals surface area contributed by atoms with E-state index < -0.39 is 0 Å². The highest BCUT2D eigenvalue weighted by molar-refractivity contribution is 7.12. The molecule has 3 aromatic heterocycles. The summed E-state index contributed by atoms with van der Waals surface area (Å²) in [7, 11) is 0. The van der Waals surface area contributed by atoms with E-state index in [0.29, 0.717) is 5.41 Å². The molecular formula is C37H53FN2S. The molecule has 4 aromatic rings. The minimum atomic E-state index is -0.111. The van der Waals surface area contributed by atoms with E-state index in [1.54, 1.807) is 6.07 Å². The number of benzene rings is 1. The van der Waals surface area contributed by atoms with E-state index in [0.717, 1.165) is 11.3 Å². The van der Waals surface area contributed by atoms with Crippen LogP contribution in [0.5, 0.6) is 0 Å². The maximum Gasteiger partial charge on any atom is 0.126 e. The molecule has 224 valence electrons. The van der Waals surface area contributed by atoms with Crippen molar-refractivity contribution in [1.29, 1.82) is 0 Å². The minimum Gasteiger partial charge on any atom is -0.265 e. The number of thiophene rings is 1. The van der Waals surface area contributed by atoms with Gasteiger partial charge in [-0.05, 0) is 76.8 Å². The number of hydrogen-bond acceptors (Lipinski definition) is 3. The Balaban J connectivity index is 0.000000274. The highest BCUT2D eigenvalue weighted by Gasteiger charge is 2.17. The van der Waals surface area contributed by atoms with Gasteiger partial charge in [0.2, 0.25) is 0 Å². The van der Waals surface area contributed by atoms with E-state index in [2.05, 4.69) is 110 Å². The van der Waals surface area contributed by atoms with Crippen LogP contribution in [0.4, 0.5) is 4.39 Å². The molecule has 4 rings (SSSR count). The Labute approximate surface area is 254 Å². The monoisotopic (exact) mass is 576 g/mol. The van der Waals surface area contributed by atoms with Crippen molar-refractivity contribution in [3.8, 4) is 0 Å². The Morgan fingerprint density at radius 3 is 1.41 bits per heavy atom. The fourth-order valence-electron chi connectivity index (χ4n) is 3.57. The molecule has 0 fully saturated rings. The van der Waals surface area contributed by atoms with Gasteiger partial charge in [0.15, 0.2) is 0 Å². The molecular weight excluding hydrogens is 523 g/mol. The predicted molar refractivity (Wildman–Crippen MR) is 179 cm³/mol. The van der Waals surface area contributed by atoms with Crippen molar-refractivity contribution in [2.75, 3.05) is 0 Å². The first-order valence-electron chi connectivity index (χ1n) is 14.4. The highest BCUT2D eigenvalue weighted by Crippen LogP contribution is 2.28. The third-order valence-electron chi connectivity index (χ3n) is 6.14. The molecule has 0 radical (unpaired) electrons. The summed E-state index contributed by atoms with van der Waals surface area (Å²) in [6, 6.07) is 21.4. The van der Waals surface area contributed by atoms with E-state index in [1.807, 2.05) is 75.0 Å². The van der Waals surface area contributed by atoms with Gasteiger partial charge in [0.05, 0.1) is 0 Å². The molecule has 0 atom stereocenters. The summed E-state index contributed by atoms with van der Waals surface area (Å²) < 4.78 is 13.1. The minimum absolute atomic E-state index is 0.0919. The molecule has 41 heavy (non-hydrogen) atoms. The Kier molecular flexibility index (Phi) is 13.6. The van der Waals surface area contributed by atoms with Crippen LogP contribution in [0, 0.1) is 12.7 Å². The van der Waals surface area contributed by atoms with Gasteiger partial charge in [0, 0.05) is 39.5 Å². The molecule has 0 N–H and O–H groups in total. The number of aryl methyl sites for hydroxylation is 1. The second-order valence-electron chi connectivity index (χ2n) is 14.3. The lowest BCUT2D eigenvalue weighted by molar-refractivity contribution is 0.523. The lowest BCUT2D eigenvalue weighted by Crippen LogP contribution is -2.12. The number of nitrogens with zero attached hydrogens (tertiary/aromatic N) is 2. The second-order valence-corrected chi connectivity index (χ2v) is 15.6. The molecule has 0 aliphatic carbocycles. The lowest BCUT2D eigenvalue weighted by atomic mass is 9.87. The number of halogens is 1. The van der Waals surface area contributed by atoms with Crippen LogP contribution in [0.15, 0.2) is 85.3 Å². The van der Waals surface area contributed by atoms with Gasteiger partial charge in [-0.1, -0.05) is 107 Å². The van der Waals surface area contributed by atoms with Crippen molar-refractivity contribution < 1.29 is 4.39 Å². The molecule has 1 aromatic carbocycles. The Hall–Kier alpha value is -2.85. The molecule has 0 aliphatic heterocycles. The molecule has 0 saturated heterocycles. The Bertz CT molecular complexity index is 1220. The Morgan fingerprint density at radius 1 is 0.561 bits per heavy atom. The average molecular weight is 577 g/mol. The first-order chi connectivity index (χ1) is 18.7. The summed E-state index contributed by atoms with van der Waals surface area (Å²) in [4.78, 5) is 11.1. The molecule has 0 aliphatic rings. The van der Waals surface area contributed by atoms with Crippen molar-refractivity contribution in [2.45, 2.75) is 112 Å². The maximum atomic E-state index is 13.1. The molecule has 0 unspecified atom stereocenters. The number of pyridine rings is 2. The van der Waals surface area contributed by atoms with Crippen LogP contribution in [0.3, 0.4) is 0 Å². The molecule has 0 saturated carbocycles. The summed E-state index contributed by atoms with van der Waals surface area (Å²) in [6.45, 7) is 28.0. The maximum absolute atomic E-state index is 13.1. The number of aromatic nitrogens is 2. The fraction of sp³-hybridized carbons (Fsp3) is 0.459. The molecule has 2 nitrogen and oxygen atoms in total. The lowest BCUT2D eigenvalue weighted by Gasteiger charge is -2.19. The second kappa shape index (κ2) is 15.4. The first kappa shape index (κ1) is 36.2. The Morgan fingerprint density at radius 2 is 1.12 bits per heavy atom. The summed E-state index contributed by atoms with van der Waals surface area (Å²) in [5, 5.41) is 0. The van der Waals surface area contributed by atoms with Gasteiger partial charge in [0.25, 0.3) is 0 Å². The van der Waals surface area contributed by atoms with Crippen molar-refractivity contribution in [3.63, 3.8) is 0 Å². The average Bonchev–Trinajstić information content (AvgIpc) is 3.32. The van der Waals surface area contributed by atoms with Crippen LogP contribution >= 0.6 is 11.3 Å². The first-order valence-corrected chi connectivity index (χ1v) is 15.2. The van der Waals surface area contributed by atoms with Gasteiger partial charge in [-0.15, -0.1) is 11.3 Å². The van der Waals surface area contributed by atoms with E-state index in [4.69, 9.17) is 0 Å². The fourth-order valence-corrected chi connectivity index (χ4v) is 4.49. The third kappa shape index (κ3) is 14.1. The van der Waals surface area contributed by atoms with Crippen LogP contribution in [-0.2, 0) is 21.7 Å². The van der Waals surface area contributed by atoms with Gasteiger partial charge in [0.1, 0.15) is 5.82 Å². The molecule has 4 heteroatoms. The van der Waals surface area contributed by atoms with Crippen molar-refractivity contribution >= 4 is 11.3 Å². The van der Waals surface area contributed by atoms with Crippen LogP contribution in [0.1, 0.15) is 110 Å². The zero-order valence-electron chi connectivity index (χ0n) is 27.8. The summed E-state index contributed by atoms with van der Waals surface area (Å²) in [5.74, 6) is -0.111. The molecule has 0 spiro atoms. The zero-order valence-corrected chi connectivity index (χ0v) is 28.6.